The van der Waals surface area contributed by atoms with Crippen molar-refractivity contribution in [3.8, 4) is 56.0 Å². The van der Waals surface area contributed by atoms with E-state index in [4.69, 9.17) is 8.83 Å². The van der Waals surface area contributed by atoms with Crippen molar-refractivity contribution >= 4 is 96.0 Å². The summed E-state index contributed by atoms with van der Waals surface area (Å²) < 4.78 is 14.9. The monoisotopic (exact) mass is 1290 g/mol. The molecule has 2 aromatic heterocycles. The van der Waals surface area contributed by atoms with Crippen LogP contribution in [0.5, 0.6) is 0 Å². The fourth-order valence-corrected chi connectivity index (χ4v) is 16.3. The van der Waals surface area contributed by atoms with Gasteiger partial charge in [0.05, 0.1) is 5.69 Å². The van der Waals surface area contributed by atoms with E-state index in [0.717, 1.165) is 106 Å². The second-order valence-corrected chi connectivity index (χ2v) is 32.6. The standard InChI is InChI=1S/C93H84BN3O2/c1-89(2,3)60-34-41-64(42-35-60)95(65-43-36-61(37-44-65)90(4,5)6)67-47-48-69-71-52-75-79(56-83(71)98-82(69)51-67)97(66-45-38-62(39-46-66)91(7,8)9)94-77-53-73-74(88(59-30-22-17-23-31-59)99-87(73)58-28-20-16-21-29-58)55-80(77)96(78-49-40-63(92(10,11)12)50-70(78)57-26-18-15-19-27-57)81-54-72-68-32-24-25-33-76(68)93(13,14)85(72)84(75)86(81)94/h15-56H,1-14H3. The maximum atomic E-state index is 7.46. The lowest BCUT2D eigenvalue weighted by Gasteiger charge is -2.47. The fraction of sp³-hybridized carbons (Fsp3) is 0.204. The van der Waals surface area contributed by atoms with E-state index >= 15 is 0 Å². The number of fused-ring (bicyclic) bond motifs is 12. The van der Waals surface area contributed by atoms with E-state index in [9.17, 15) is 0 Å². The molecule has 6 heteroatoms. The predicted octanol–water partition coefficient (Wildman–Crippen LogP) is 25.0. The number of furan rings is 2. The topological polar surface area (TPSA) is 36.0 Å². The van der Waals surface area contributed by atoms with Crippen LogP contribution in [0.2, 0.25) is 0 Å². The molecule has 0 spiro atoms. The van der Waals surface area contributed by atoms with Gasteiger partial charge in [-0.3, -0.25) is 0 Å². The molecule has 3 aliphatic rings. The SMILES string of the molecule is CC(C)(C)c1ccc(N2B3c4cc5c(-c6ccccc6)oc(-c6ccccc6)c5cc4N(c4ccc(C(C)(C)C)cc4-c4ccccc4)c4cc5c(c(c43)-c3cc4c(cc32)oc2cc(N(c3ccc(C(C)(C)C)cc3)c3ccc(C(C)(C)C)cc3)ccc24)C(C)(C)c2ccccc2-5)cc1. The zero-order chi connectivity index (χ0) is 68.4. The average Bonchev–Trinajstić information content (AvgIpc) is 1.65. The lowest BCUT2D eigenvalue weighted by Crippen LogP contribution is -2.62. The summed E-state index contributed by atoms with van der Waals surface area (Å²) in [6.07, 6.45) is 0. The normalized spacial score (nSPS) is 14.0. The van der Waals surface area contributed by atoms with Crippen molar-refractivity contribution in [2.45, 2.75) is 124 Å². The lowest BCUT2D eigenvalue weighted by atomic mass is 9.42. The highest BCUT2D eigenvalue weighted by Crippen LogP contribution is 2.60. The number of hydrogen-bond donors (Lipinski definition) is 0. The van der Waals surface area contributed by atoms with Crippen molar-refractivity contribution < 1.29 is 8.83 Å². The summed E-state index contributed by atoms with van der Waals surface area (Å²) in [5, 5.41) is 4.25. The molecular formula is C93H84BN3O2. The Morgan fingerprint density at radius 3 is 1.43 bits per heavy atom. The molecule has 12 aromatic carbocycles. The molecule has 14 aromatic rings. The molecule has 0 unspecified atom stereocenters. The van der Waals surface area contributed by atoms with Crippen LogP contribution in [0.4, 0.5) is 45.5 Å². The highest BCUT2D eigenvalue weighted by molar-refractivity contribution is 6.94. The van der Waals surface area contributed by atoms with Gasteiger partial charge >= 0.3 is 6.85 Å². The van der Waals surface area contributed by atoms with E-state index in [2.05, 4.69) is 366 Å². The molecular weight excluding hydrogens is 1200 g/mol. The maximum absolute atomic E-state index is 7.46. The summed E-state index contributed by atoms with van der Waals surface area (Å²) in [5.41, 5.74) is 29.4. The third kappa shape index (κ3) is 10.0. The van der Waals surface area contributed by atoms with Crippen LogP contribution in [-0.2, 0) is 27.1 Å². The van der Waals surface area contributed by atoms with Crippen LogP contribution >= 0.6 is 0 Å². The molecule has 0 N–H and O–H groups in total. The molecule has 1 aliphatic carbocycles. The molecule has 0 saturated heterocycles. The van der Waals surface area contributed by atoms with Gasteiger partial charge in [-0.1, -0.05) is 261 Å². The molecule has 0 bridgehead atoms. The van der Waals surface area contributed by atoms with Crippen LogP contribution < -0.4 is 25.5 Å². The van der Waals surface area contributed by atoms with E-state index in [1.807, 2.05) is 0 Å². The third-order valence-electron chi connectivity index (χ3n) is 21.6. The Hall–Kier alpha value is -10.6. The number of hydrogen-bond acceptors (Lipinski definition) is 5. The Morgan fingerprint density at radius 1 is 0.354 bits per heavy atom. The molecule has 0 amide bonds. The molecule has 99 heavy (non-hydrogen) atoms. The van der Waals surface area contributed by atoms with Crippen LogP contribution in [-0.4, -0.2) is 6.85 Å². The molecule has 0 radical (unpaired) electrons. The smallest absolute Gasteiger partial charge is 0.333 e. The highest BCUT2D eigenvalue weighted by atomic mass is 16.3. The number of benzene rings is 12. The van der Waals surface area contributed by atoms with Crippen LogP contribution in [0.15, 0.2) is 264 Å². The largest absolute Gasteiger partial charge is 0.456 e. The minimum atomic E-state index is -0.398. The summed E-state index contributed by atoms with van der Waals surface area (Å²) in [6.45, 7) is 32.1. The summed E-state index contributed by atoms with van der Waals surface area (Å²) in [5.74, 6) is 1.69. The molecule has 4 heterocycles. The Kier molecular flexibility index (Phi) is 13.9. The van der Waals surface area contributed by atoms with Crippen molar-refractivity contribution in [2.24, 2.45) is 0 Å². The zero-order valence-electron chi connectivity index (χ0n) is 59.5. The summed E-state index contributed by atoms with van der Waals surface area (Å²) in [6, 6.07) is 95.9. The minimum absolute atomic E-state index is 0.00697. The molecule has 0 saturated carbocycles. The van der Waals surface area contributed by atoms with E-state index in [0.29, 0.717) is 0 Å². The first-order valence-electron chi connectivity index (χ1n) is 35.3. The van der Waals surface area contributed by atoms with Gasteiger partial charge in [0.2, 0.25) is 0 Å². The first-order valence-corrected chi connectivity index (χ1v) is 35.3. The second-order valence-electron chi connectivity index (χ2n) is 32.6. The lowest BCUT2D eigenvalue weighted by molar-refractivity contribution is 0.590. The average molecular weight is 1290 g/mol. The van der Waals surface area contributed by atoms with Gasteiger partial charge in [0, 0.05) is 101 Å². The summed E-state index contributed by atoms with van der Waals surface area (Å²) in [7, 11) is 0. The molecule has 486 valence electrons. The van der Waals surface area contributed by atoms with E-state index in [-0.39, 0.29) is 28.5 Å². The van der Waals surface area contributed by atoms with Gasteiger partial charge in [0.1, 0.15) is 22.7 Å². The van der Waals surface area contributed by atoms with Gasteiger partial charge in [-0.25, -0.2) is 0 Å². The molecule has 0 fully saturated rings. The van der Waals surface area contributed by atoms with Gasteiger partial charge in [-0.15, -0.1) is 0 Å². The van der Waals surface area contributed by atoms with Crippen LogP contribution in [0.1, 0.15) is 130 Å². The molecule has 0 atom stereocenters. The predicted molar refractivity (Wildman–Crippen MR) is 421 cm³/mol. The van der Waals surface area contributed by atoms with Gasteiger partial charge in [-0.2, -0.15) is 0 Å². The Bertz CT molecular complexity index is 5480. The van der Waals surface area contributed by atoms with Crippen molar-refractivity contribution in [3.05, 3.63) is 288 Å². The van der Waals surface area contributed by atoms with Crippen LogP contribution in [0.25, 0.3) is 88.7 Å². The first-order chi connectivity index (χ1) is 47.4. The molecule has 17 rings (SSSR count). The highest BCUT2D eigenvalue weighted by Gasteiger charge is 2.51. The van der Waals surface area contributed by atoms with Gasteiger partial charge in [-0.05, 0) is 167 Å². The number of anilines is 8. The summed E-state index contributed by atoms with van der Waals surface area (Å²) in [4.78, 5) is 7.70. The van der Waals surface area contributed by atoms with Gasteiger partial charge < -0.3 is 23.4 Å². The van der Waals surface area contributed by atoms with E-state index < -0.39 is 5.41 Å². The van der Waals surface area contributed by atoms with Crippen molar-refractivity contribution in [1.82, 2.24) is 0 Å². The minimum Gasteiger partial charge on any atom is -0.456 e. The van der Waals surface area contributed by atoms with Crippen molar-refractivity contribution in [3.63, 3.8) is 0 Å². The first kappa shape index (κ1) is 62.0. The van der Waals surface area contributed by atoms with Crippen LogP contribution in [0.3, 0.4) is 0 Å². The van der Waals surface area contributed by atoms with Gasteiger partial charge in [0.25, 0.3) is 0 Å². The number of nitrogens with zero attached hydrogens (tertiary/aromatic N) is 3. The van der Waals surface area contributed by atoms with Crippen LogP contribution in [0, 0.1) is 0 Å². The second kappa shape index (κ2) is 22.2. The third-order valence-corrected chi connectivity index (χ3v) is 21.6. The number of rotatable bonds is 8. The Labute approximate surface area is 584 Å². The van der Waals surface area contributed by atoms with Crippen molar-refractivity contribution in [1.29, 1.82) is 0 Å². The van der Waals surface area contributed by atoms with E-state index in [1.165, 1.54) is 72.1 Å². The molecule has 5 nitrogen and oxygen atoms in total. The Morgan fingerprint density at radius 2 is 0.859 bits per heavy atom. The van der Waals surface area contributed by atoms with Crippen molar-refractivity contribution in [2.75, 3.05) is 14.6 Å². The van der Waals surface area contributed by atoms with Gasteiger partial charge in [0.15, 0.2) is 0 Å². The fourth-order valence-electron chi connectivity index (χ4n) is 16.3. The molecule has 2 aliphatic heterocycles. The zero-order valence-corrected chi connectivity index (χ0v) is 59.5. The Balaban J connectivity index is 0.996. The quantitative estimate of drug-likeness (QED) is 0.142. The maximum Gasteiger partial charge on any atom is 0.333 e. The summed E-state index contributed by atoms with van der Waals surface area (Å²) >= 11 is 0. The van der Waals surface area contributed by atoms with E-state index in [1.54, 1.807) is 0 Å².